The van der Waals surface area contributed by atoms with Gasteiger partial charge in [-0.1, -0.05) is 0 Å². The van der Waals surface area contributed by atoms with E-state index in [1.807, 2.05) is 6.92 Å². The Balaban J connectivity index is 1.23. The van der Waals surface area contributed by atoms with E-state index in [-0.39, 0.29) is 37.4 Å². The number of ether oxygens (including phenoxy) is 3. The molecule has 3 aliphatic rings. The van der Waals surface area contributed by atoms with Gasteiger partial charge in [0.2, 0.25) is 11.8 Å². The van der Waals surface area contributed by atoms with E-state index < -0.39 is 43.6 Å². The molecule has 13 nitrogen and oxygen atoms in total. The zero-order valence-electron chi connectivity index (χ0n) is 21.7. The molecule has 1 aliphatic carbocycles. The number of aromatic nitrogens is 4. The molecular formula is C23H34FN6O7P. The molecule has 4 heterocycles. The number of nitrogens with one attached hydrogen (secondary N) is 1. The maximum atomic E-state index is 16.1. The fraction of sp³-hybridized carbons (Fsp3) is 0.739. The van der Waals surface area contributed by atoms with Crippen LogP contribution in [0.1, 0.15) is 46.5 Å². The minimum Gasteiger partial charge on any atom is -0.476 e. The number of hydrogen-bond donors (Lipinski definition) is 2. The van der Waals surface area contributed by atoms with Gasteiger partial charge in [0.05, 0.1) is 32.4 Å². The molecule has 2 aliphatic heterocycles. The highest BCUT2D eigenvalue weighted by molar-refractivity contribution is 7.53. The molecule has 0 radical (unpaired) electrons. The Morgan fingerprint density at radius 3 is 2.89 bits per heavy atom. The van der Waals surface area contributed by atoms with Crippen molar-refractivity contribution in [2.24, 2.45) is 0 Å². The van der Waals surface area contributed by atoms with E-state index in [9.17, 15) is 9.36 Å². The van der Waals surface area contributed by atoms with Crippen LogP contribution >= 0.6 is 7.60 Å². The van der Waals surface area contributed by atoms with Crippen molar-refractivity contribution < 1.29 is 37.0 Å². The number of nitrogens with two attached hydrogens (primary N) is 1. The Morgan fingerprint density at radius 2 is 2.16 bits per heavy atom. The highest BCUT2D eigenvalue weighted by Gasteiger charge is 2.60. The van der Waals surface area contributed by atoms with Crippen LogP contribution in [-0.2, 0) is 34.4 Å². The Bertz CT molecular complexity index is 1220. The van der Waals surface area contributed by atoms with Gasteiger partial charge in [0.1, 0.15) is 30.5 Å². The molecule has 0 bridgehead atoms. The lowest BCUT2D eigenvalue weighted by molar-refractivity contribution is -0.150. The van der Waals surface area contributed by atoms with Crippen LogP contribution in [0.5, 0.6) is 5.88 Å². The number of rotatable bonds is 9. The van der Waals surface area contributed by atoms with E-state index in [1.54, 1.807) is 11.5 Å². The molecule has 1 unspecified atom stereocenters. The lowest BCUT2D eigenvalue weighted by atomic mass is 9.95. The zero-order valence-corrected chi connectivity index (χ0v) is 22.6. The van der Waals surface area contributed by atoms with Crippen LogP contribution < -0.4 is 15.8 Å². The molecule has 2 aromatic rings. The maximum absolute atomic E-state index is 16.1. The number of nitrogens with zero attached hydrogens (tertiary/aromatic N) is 4. The van der Waals surface area contributed by atoms with Crippen molar-refractivity contribution in [2.75, 3.05) is 25.2 Å². The second-order valence-corrected chi connectivity index (χ2v) is 12.1. The first-order valence-corrected chi connectivity index (χ1v) is 14.6. The number of fused-ring (bicyclic) bond motifs is 2. The molecule has 3 fully saturated rings. The summed E-state index contributed by atoms with van der Waals surface area (Å²) in [6.07, 6.45) is 2.04. The van der Waals surface area contributed by atoms with Gasteiger partial charge in [0.25, 0.3) is 0 Å². The summed E-state index contributed by atoms with van der Waals surface area (Å²) in [6.45, 7) is 5.06. The molecule has 15 heteroatoms. The maximum Gasteiger partial charge on any atom is 0.344 e. The van der Waals surface area contributed by atoms with Gasteiger partial charge in [-0.2, -0.15) is 9.97 Å². The van der Waals surface area contributed by atoms with Crippen LogP contribution in [0.3, 0.4) is 0 Å². The highest BCUT2D eigenvalue weighted by Crippen LogP contribution is 2.56. The lowest BCUT2D eigenvalue weighted by Gasteiger charge is -2.35. The summed E-state index contributed by atoms with van der Waals surface area (Å²) >= 11 is 0. The minimum atomic E-state index is -3.76. The van der Waals surface area contributed by atoms with Gasteiger partial charge in [-0.15, -0.1) is 0 Å². The number of esters is 1. The summed E-state index contributed by atoms with van der Waals surface area (Å²) in [5.41, 5.74) is 4.58. The largest absolute Gasteiger partial charge is 0.476 e. The Morgan fingerprint density at radius 1 is 1.39 bits per heavy atom. The van der Waals surface area contributed by atoms with Gasteiger partial charge in [-0.05, 0) is 46.5 Å². The number of carbonyl (C=O) groups excluding carboxylic acids is 1. The number of alkyl halides is 1. The topological polar surface area (TPSA) is 162 Å². The van der Waals surface area contributed by atoms with Crippen molar-refractivity contribution in [1.82, 2.24) is 24.8 Å². The molecule has 3 N–H and O–H groups in total. The van der Waals surface area contributed by atoms with Crippen LogP contribution in [0.4, 0.5) is 10.3 Å². The van der Waals surface area contributed by atoms with E-state index in [0.717, 1.165) is 25.7 Å². The van der Waals surface area contributed by atoms with Crippen molar-refractivity contribution in [3.8, 4) is 5.88 Å². The molecule has 2 aromatic heterocycles. The van der Waals surface area contributed by atoms with Crippen molar-refractivity contribution >= 4 is 30.7 Å². The van der Waals surface area contributed by atoms with Crippen LogP contribution in [-0.4, -0.2) is 81.1 Å². The SMILES string of the molecule is CCOc1nc(N)nc2c1ncn2C[C@@H]1O[C@@H]2COP(=O)(CN[C@@H](C)C(=O)OC3CCCC3)O[C@H]2[C@@]1(C)F. The van der Waals surface area contributed by atoms with Crippen molar-refractivity contribution in [2.45, 2.75) is 89.1 Å². The fourth-order valence-electron chi connectivity index (χ4n) is 5.04. The number of halogens is 1. The molecular weight excluding hydrogens is 522 g/mol. The summed E-state index contributed by atoms with van der Waals surface area (Å²) in [5, 5.41) is 2.86. The lowest BCUT2D eigenvalue weighted by Crippen LogP contribution is -2.47. The smallest absolute Gasteiger partial charge is 0.344 e. The Hall–Kier alpha value is -2.38. The van der Waals surface area contributed by atoms with E-state index in [1.165, 1.54) is 13.3 Å². The van der Waals surface area contributed by atoms with Crippen LogP contribution in [0.25, 0.3) is 11.2 Å². The number of imidazole rings is 1. The highest BCUT2D eigenvalue weighted by atomic mass is 31.2. The molecule has 2 saturated heterocycles. The van der Waals surface area contributed by atoms with Gasteiger partial charge >= 0.3 is 13.6 Å². The quantitative estimate of drug-likeness (QED) is 0.343. The molecule has 6 atom stereocenters. The second-order valence-electron chi connectivity index (χ2n) is 10.1. The fourth-order valence-corrected chi connectivity index (χ4v) is 6.83. The van der Waals surface area contributed by atoms with Crippen LogP contribution in [0, 0.1) is 0 Å². The molecule has 210 valence electrons. The Kier molecular flexibility index (Phi) is 7.62. The van der Waals surface area contributed by atoms with Crippen molar-refractivity contribution in [1.29, 1.82) is 0 Å². The number of anilines is 1. The summed E-state index contributed by atoms with van der Waals surface area (Å²) in [7, 11) is -3.76. The predicted molar refractivity (Wildman–Crippen MR) is 133 cm³/mol. The first-order chi connectivity index (χ1) is 18.1. The third-order valence-corrected chi connectivity index (χ3v) is 8.86. The zero-order chi connectivity index (χ0) is 27.1. The summed E-state index contributed by atoms with van der Waals surface area (Å²) in [5.74, 6) is -0.190. The summed E-state index contributed by atoms with van der Waals surface area (Å²) in [6, 6.07) is -0.721. The summed E-state index contributed by atoms with van der Waals surface area (Å²) in [4.78, 5) is 25.0. The number of carbonyl (C=O) groups is 1. The molecule has 0 spiro atoms. The first-order valence-electron chi connectivity index (χ1n) is 12.9. The summed E-state index contributed by atoms with van der Waals surface area (Å²) < 4.78 is 59.2. The third-order valence-electron chi connectivity index (χ3n) is 7.19. The third kappa shape index (κ3) is 5.37. The molecule has 38 heavy (non-hydrogen) atoms. The normalized spacial score (nSPS) is 32.4. The van der Waals surface area contributed by atoms with Gasteiger partial charge in [0.15, 0.2) is 16.8 Å². The standard InChI is InChI=1S/C23H34FN6O7P/c1-4-33-20-17-19(28-22(25)29-20)30(11-26-17)9-16-23(3,24)18-15(36-16)10-34-38(32,37-18)12-27-13(2)21(31)35-14-7-5-6-8-14/h11,13-16,18,27H,4-10,12H2,1-3H3,(H2,25,28,29)/t13-,15+,16-,18+,23-,38?/m0/s1. The van der Waals surface area contributed by atoms with E-state index in [4.69, 9.17) is 29.0 Å². The minimum absolute atomic E-state index is 0.00163. The van der Waals surface area contributed by atoms with E-state index >= 15 is 4.39 Å². The van der Waals surface area contributed by atoms with Gasteiger partial charge in [0, 0.05) is 0 Å². The average molecular weight is 557 g/mol. The second kappa shape index (κ2) is 10.6. The molecule has 0 aromatic carbocycles. The van der Waals surface area contributed by atoms with Gasteiger partial charge in [-0.3, -0.25) is 19.2 Å². The van der Waals surface area contributed by atoms with E-state index in [2.05, 4.69) is 20.3 Å². The number of nitrogen functional groups attached to an aromatic ring is 1. The average Bonchev–Trinajstić information content (AvgIpc) is 3.58. The number of hydrogen-bond acceptors (Lipinski definition) is 12. The van der Waals surface area contributed by atoms with Gasteiger partial charge < -0.3 is 29.0 Å². The molecule has 0 amide bonds. The van der Waals surface area contributed by atoms with Crippen LogP contribution in [0.2, 0.25) is 0 Å². The Labute approximate surface area is 219 Å². The van der Waals surface area contributed by atoms with Crippen molar-refractivity contribution in [3.63, 3.8) is 0 Å². The van der Waals surface area contributed by atoms with Gasteiger partial charge in [-0.25, -0.2) is 9.37 Å². The van der Waals surface area contributed by atoms with Crippen LogP contribution in [0.15, 0.2) is 6.33 Å². The monoisotopic (exact) mass is 556 g/mol. The first kappa shape index (κ1) is 27.2. The predicted octanol–water partition coefficient (Wildman–Crippen LogP) is 2.33. The van der Waals surface area contributed by atoms with Crippen molar-refractivity contribution in [3.05, 3.63) is 6.33 Å². The van der Waals surface area contributed by atoms with E-state index in [0.29, 0.717) is 17.8 Å². The molecule has 5 rings (SSSR count). The molecule has 1 saturated carbocycles.